The van der Waals surface area contributed by atoms with E-state index in [-0.39, 0.29) is 10.5 Å². The van der Waals surface area contributed by atoms with Crippen LogP contribution in [0.1, 0.15) is 5.56 Å². The van der Waals surface area contributed by atoms with Crippen molar-refractivity contribution in [1.82, 2.24) is 4.57 Å². The first-order chi connectivity index (χ1) is 11.9. The summed E-state index contributed by atoms with van der Waals surface area (Å²) < 4.78 is 29.4. The fraction of sp³-hybridized carbons (Fsp3) is 0.105. The lowest BCUT2D eigenvalue weighted by atomic mass is 10.0. The average molecular weight is 354 g/mol. The molecule has 5 nitrogen and oxygen atoms in total. The van der Waals surface area contributed by atoms with Crippen LogP contribution in [0.25, 0.3) is 10.9 Å². The van der Waals surface area contributed by atoms with E-state index in [2.05, 4.69) is 11.3 Å². The number of hydrogen-bond acceptors (Lipinski definition) is 3. The third-order valence-corrected chi connectivity index (χ3v) is 5.45. The SMILES string of the molecule is C=CCc1c(NS(=O)(=O)c2ccccc2)ccc2c1ccc(=O)n2C. The van der Waals surface area contributed by atoms with E-state index in [1.807, 2.05) is 0 Å². The van der Waals surface area contributed by atoms with E-state index < -0.39 is 10.0 Å². The molecule has 0 fully saturated rings. The molecule has 0 radical (unpaired) electrons. The molecule has 6 heteroatoms. The first-order valence-corrected chi connectivity index (χ1v) is 9.23. The fourth-order valence-electron chi connectivity index (χ4n) is 2.78. The molecule has 0 aliphatic carbocycles. The van der Waals surface area contributed by atoms with Gasteiger partial charge in [0.25, 0.3) is 15.6 Å². The van der Waals surface area contributed by atoms with Gasteiger partial charge < -0.3 is 4.57 Å². The quantitative estimate of drug-likeness (QED) is 0.716. The highest BCUT2D eigenvalue weighted by molar-refractivity contribution is 7.92. The zero-order valence-corrected chi connectivity index (χ0v) is 14.6. The van der Waals surface area contributed by atoms with E-state index in [9.17, 15) is 13.2 Å². The molecule has 0 aliphatic rings. The van der Waals surface area contributed by atoms with Gasteiger partial charge in [0.1, 0.15) is 0 Å². The third-order valence-electron chi connectivity index (χ3n) is 4.06. The molecule has 25 heavy (non-hydrogen) atoms. The van der Waals surface area contributed by atoms with Gasteiger partial charge in [-0.2, -0.15) is 0 Å². The Bertz CT molecular complexity index is 1100. The van der Waals surface area contributed by atoms with Gasteiger partial charge in [0.05, 0.1) is 16.1 Å². The van der Waals surface area contributed by atoms with E-state index in [0.717, 1.165) is 16.5 Å². The van der Waals surface area contributed by atoms with Crippen molar-refractivity contribution in [3.8, 4) is 0 Å². The van der Waals surface area contributed by atoms with Gasteiger partial charge in [0, 0.05) is 18.5 Å². The Labute approximate surface area is 146 Å². The average Bonchev–Trinajstić information content (AvgIpc) is 2.61. The van der Waals surface area contributed by atoms with Gasteiger partial charge in [-0.15, -0.1) is 6.58 Å². The van der Waals surface area contributed by atoms with Crippen molar-refractivity contribution in [2.24, 2.45) is 7.05 Å². The Morgan fingerprint density at radius 2 is 1.80 bits per heavy atom. The number of sulfonamides is 1. The summed E-state index contributed by atoms with van der Waals surface area (Å²) in [6.45, 7) is 3.75. The van der Waals surface area contributed by atoms with Crippen molar-refractivity contribution in [3.63, 3.8) is 0 Å². The summed E-state index contributed by atoms with van der Waals surface area (Å²) in [5, 5.41) is 0.815. The number of aromatic nitrogens is 1. The number of rotatable bonds is 5. The lowest BCUT2D eigenvalue weighted by Crippen LogP contribution is -2.17. The second-order valence-electron chi connectivity index (χ2n) is 5.67. The smallest absolute Gasteiger partial charge is 0.261 e. The molecule has 1 aromatic heterocycles. The highest BCUT2D eigenvalue weighted by Crippen LogP contribution is 2.28. The molecule has 2 aromatic carbocycles. The minimum atomic E-state index is -3.69. The number of allylic oxidation sites excluding steroid dienone is 1. The number of pyridine rings is 1. The number of benzene rings is 2. The predicted molar refractivity (Wildman–Crippen MR) is 100 cm³/mol. The van der Waals surface area contributed by atoms with Gasteiger partial charge in [0.2, 0.25) is 0 Å². The van der Waals surface area contributed by atoms with Crippen molar-refractivity contribution in [3.05, 3.63) is 83.2 Å². The van der Waals surface area contributed by atoms with Crippen LogP contribution in [0, 0.1) is 0 Å². The van der Waals surface area contributed by atoms with Crippen molar-refractivity contribution in [2.45, 2.75) is 11.3 Å². The van der Waals surface area contributed by atoms with Crippen LogP contribution in [0.3, 0.4) is 0 Å². The van der Waals surface area contributed by atoms with Gasteiger partial charge in [-0.25, -0.2) is 8.42 Å². The van der Waals surface area contributed by atoms with Gasteiger partial charge in [-0.3, -0.25) is 9.52 Å². The molecule has 128 valence electrons. The zero-order valence-electron chi connectivity index (χ0n) is 13.8. The Balaban J connectivity index is 2.17. The number of nitrogens with zero attached hydrogens (tertiary/aromatic N) is 1. The van der Waals surface area contributed by atoms with Gasteiger partial charge in [-0.1, -0.05) is 24.3 Å². The second-order valence-corrected chi connectivity index (χ2v) is 7.35. The maximum atomic E-state index is 12.6. The molecule has 0 unspecified atom stereocenters. The maximum Gasteiger partial charge on any atom is 0.261 e. The van der Waals surface area contributed by atoms with E-state index in [4.69, 9.17) is 0 Å². The van der Waals surface area contributed by atoms with Crippen LogP contribution in [0.4, 0.5) is 5.69 Å². The molecular weight excluding hydrogens is 336 g/mol. The molecule has 0 spiro atoms. The van der Waals surface area contributed by atoms with Crippen LogP contribution < -0.4 is 10.3 Å². The topological polar surface area (TPSA) is 68.2 Å². The summed E-state index contributed by atoms with van der Waals surface area (Å²) in [6, 6.07) is 14.8. The lowest BCUT2D eigenvalue weighted by molar-refractivity contribution is 0.601. The van der Waals surface area contributed by atoms with E-state index in [1.165, 1.54) is 10.6 Å². The Hall–Kier alpha value is -2.86. The summed E-state index contributed by atoms with van der Waals surface area (Å²) in [4.78, 5) is 12.0. The van der Waals surface area contributed by atoms with Crippen molar-refractivity contribution in [2.75, 3.05) is 4.72 Å². The Morgan fingerprint density at radius 1 is 1.08 bits per heavy atom. The molecule has 3 aromatic rings. The van der Waals surface area contributed by atoms with Crippen LogP contribution in [0.15, 0.2) is 76.9 Å². The van der Waals surface area contributed by atoms with Crippen LogP contribution in [-0.2, 0) is 23.5 Å². The molecule has 0 saturated carbocycles. The number of hydrogen-bond donors (Lipinski definition) is 1. The van der Waals surface area contributed by atoms with E-state index >= 15 is 0 Å². The molecular formula is C19H18N2O3S. The van der Waals surface area contributed by atoms with E-state index in [0.29, 0.717) is 12.1 Å². The lowest BCUT2D eigenvalue weighted by Gasteiger charge is -2.15. The molecule has 0 aliphatic heterocycles. The summed E-state index contributed by atoms with van der Waals surface area (Å²) in [5.41, 5.74) is 1.89. The van der Waals surface area contributed by atoms with Crippen LogP contribution >= 0.6 is 0 Å². The minimum absolute atomic E-state index is 0.116. The molecule has 0 bridgehead atoms. The first-order valence-electron chi connectivity index (χ1n) is 7.74. The molecule has 1 heterocycles. The molecule has 0 atom stereocenters. The normalized spacial score (nSPS) is 11.4. The Kier molecular flexibility index (Phi) is 4.46. The molecule has 3 rings (SSSR count). The molecule has 0 saturated heterocycles. The van der Waals surface area contributed by atoms with Crippen molar-refractivity contribution < 1.29 is 8.42 Å². The third kappa shape index (κ3) is 3.21. The predicted octanol–water partition coefficient (Wildman–Crippen LogP) is 3.07. The fourth-order valence-corrected chi connectivity index (χ4v) is 3.89. The minimum Gasteiger partial charge on any atom is -0.311 e. The van der Waals surface area contributed by atoms with Gasteiger partial charge in [-0.05, 0) is 42.3 Å². The number of nitrogens with one attached hydrogen (secondary N) is 1. The Morgan fingerprint density at radius 3 is 2.48 bits per heavy atom. The summed E-state index contributed by atoms with van der Waals surface area (Å²) in [5.74, 6) is 0. The molecule has 0 amide bonds. The first kappa shape index (κ1) is 17.0. The van der Waals surface area contributed by atoms with E-state index in [1.54, 1.807) is 61.7 Å². The number of aryl methyl sites for hydroxylation is 1. The summed E-state index contributed by atoms with van der Waals surface area (Å²) >= 11 is 0. The molecule has 1 N–H and O–H groups in total. The summed E-state index contributed by atoms with van der Waals surface area (Å²) in [6.07, 6.45) is 2.18. The highest BCUT2D eigenvalue weighted by atomic mass is 32.2. The monoisotopic (exact) mass is 354 g/mol. The summed E-state index contributed by atoms with van der Waals surface area (Å²) in [7, 11) is -2.00. The standard InChI is InChI=1S/C19H18N2O3S/c1-3-7-15-16-10-13-19(22)21(2)18(16)12-11-17(15)20-25(23,24)14-8-5-4-6-9-14/h3-6,8-13,20H,1,7H2,2H3. The van der Waals surface area contributed by atoms with Crippen molar-refractivity contribution in [1.29, 1.82) is 0 Å². The van der Waals surface area contributed by atoms with Crippen LogP contribution in [-0.4, -0.2) is 13.0 Å². The zero-order chi connectivity index (χ0) is 18.0. The largest absolute Gasteiger partial charge is 0.311 e. The number of fused-ring (bicyclic) bond motifs is 1. The van der Waals surface area contributed by atoms with Crippen LogP contribution in [0.5, 0.6) is 0 Å². The van der Waals surface area contributed by atoms with Gasteiger partial charge >= 0.3 is 0 Å². The second kappa shape index (κ2) is 6.57. The maximum absolute atomic E-state index is 12.6. The van der Waals surface area contributed by atoms with Crippen molar-refractivity contribution >= 4 is 26.6 Å². The van der Waals surface area contributed by atoms with Crippen LogP contribution in [0.2, 0.25) is 0 Å². The highest BCUT2D eigenvalue weighted by Gasteiger charge is 2.17. The number of anilines is 1. The van der Waals surface area contributed by atoms with Gasteiger partial charge in [0.15, 0.2) is 0 Å².